The van der Waals surface area contributed by atoms with Crippen molar-refractivity contribution in [1.82, 2.24) is 10.2 Å². The maximum atomic E-state index is 12.9. The van der Waals surface area contributed by atoms with Crippen molar-refractivity contribution in [3.05, 3.63) is 0 Å². The molecule has 0 aliphatic carbocycles. The number of nitrogens with zero attached hydrogens (tertiary/aromatic N) is 1. The highest BCUT2D eigenvalue weighted by molar-refractivity contribution is 7.99. The average Bonchev–Trinajstić information content (AvgIpc) is 2.64. The Bertz CT molecular complexity index is 505. The predicted molar refractivity (Wildman–Crippen MR) is 90.5 cm³/mol. The molecule has 2 fully saturated rings. The normalized spacial score (nSPS) is 27.8. The third kappa shape index (κ3) is 4.55. The molecule has 7 nitrogen and oxygen atoms in total. The van der Waals surface area contributed by atoms with Crippen LogP contribution >= 0.6 is 11.8 Å². The molecule has 0 bridgehead atoms. The van der Waals surface area contributed by atoms with E-state index in [1.165, 1.54) is 7.11 Å². The number of piperidine rings is 1. The first-order chi connectivity index (χ1) is 11.2. The van der Waals surface area contributed by atoms with E-state index in [0.29, 0.717) is 12.8 Å². The van der Waals surface area contributed by atoms with Gasteiger partial charge < -0.3 is 19.7 Å². The van der Waals surface area contributed by atoms with Gasteiger partial charge in [0.25, 0.3) is 0 Å². The van der Waals surface area contributed by atoms with Gasteiger partial charge in [0.05, 0.1) is 12.5 Å². The minimum Gasteiger partial charge on any atom is -0.467 e. The van der Waals surface area contributed by atoms with E-state index < -0.39 is 29.7 Å². The molecule has 0 aromatic heterocycles. The summed E-state index contributed by atoms with van der Waals surface area (Å²) in [5.41, 5.74) is -0.630. The molecule has 2 amide bonds. The maximum Gasteiger partial charge on any atom is 0.408 e. The molecule has 3 atom stereocenters. The predicted octanol–water partition coefficient (Wildman–Crippen LogP) is 1.90. The number of amides is 2. The number of fused-ring (bicyclic) bond motifs is 1. The molecule has 0 radical (unpaired) electrons. The molecular weight excluding hydrogens is 332 g/mol. The maximum absolute atomic E-state index is 12.9. The zero-order valence-electron chi connectivity index (χ0n) is 14.7. The largest absolute Gasteiger partial charge is 0.467 e. The zero-order valence-corrected chi connectivity index (χ0v) is 15.5. The molecule has 0 saturated carbocycles. The molecule has 8 heteroatoms. The molecule has 2 aliphatic rings. The molecule has 24 heavy (non-hydrogen) atoms. The number of carbonyl (C=O) groups is 3. The van der Waals surface area contributed by atoms with E-state index in [4.69, 9.17) is 9.47 Å². The number of carbonyl (C=O) groups excluding carboxylic acids is 3. The molecule has 136 valence electrons. The van der Waals surface area contributed by atoms with Crippen LogP contribution in [0.4, 0.5) is 4.79 Å². The van der Waals surface area contributed by atoms with Crippen molar-refractivity contribution in [2.24, 2.45) is 0 Å². The van der Waals surface area contributed by atoms with E-state index in [0.717, 1.165) is 18.6 Å². The van der Waals surface area contributed by atoms with E-state index in [1.54, 1.807) is 37.4 Å². The van der Waals surface area contributed by atoms with Crippen LogP contribution in [0.3, 0.4) is 0 Å². The second kappa shape index (κ2) is 7.63. The Morgan fingerprint density at radius 2 is 1.96 bits per heavy atom. The number of hydrogen-bond acceptors (Lipinski definition) is 6. The van der Waals surface area contributed by atoms with Gasteiger partial charge in [0, 0.05) is 0 Å². The fourth-order valence-electron chi connectivity index (χ4n) is 3.00. The number of hydrogen-bond donors (Lipinski definition) is 1. The Morgan fingerprint density at radius 1 is 1.25 bits per heavy atom. The lowest BCUT2D eigenvalue weighted by Crippen LogP contribution is -2.57. The lowest BCUT2D eigenvalue weighted by Gasteiger charge is -2.40. The average molecular weight is 358 g/mol. The summed E-state index contributed by atoms with van der Waals surface area (Å²) in [6.07, 6.45) is 2.23. The summed E-state index contributed by atoms with van der Waals surface area (Å²) in [5.74, 6) is 0.110. The minimum atomic E-state index is -0.678. The van der Waals surface area contributed by atoms with Gasteiger partial charge in [-0.15, -0.1) is 11.8 Å². The molecule has 2 heterocycles. The highest BCUT2D eigenvalue weighted by Gasteiger charge is 2.43. The summed E-state index contributed by atoms with van der Waals surface area (Å²) in [6.45, 7) is 5.31. The van der Waals surface area contributed by atoms with Gasteiger partial charge in [0.15, 0.2) is 0 Å². The summed E-state index contributed by atoms with van der Waals surface area (Å²) in [4.78, 5) is 38.6. The van der Waals surface area contributed by atoms with Crippen molar-refractivity contribution in [3.8, 4) is 0 Å². The Hall–Kier alpha value is -1.44. The highest BCUT2D eigenvalue weighted by atomic mass is 32.2. The van der Waals surface area contributed by atoms with Crippen LogP contribution in [0.5, 0.6) is 0 Å². The van der Waals surface area contributed by atoms with E-state index in [9.17, 15) is 14.4 Å². The molecule has 2 saturated heterocycles. The van der Waals surface area contributed by atoms with Gasteiger partial charge in [-0.05, 0) is 52.2 Å². The smallest absolute Gasteiger partial charge is 0.408 e. The Morgan fingerprint density at radius 3 is 2.58 bits per heavy atom. The van der Waals surface area contributed by atoms with Crippen LogP contribution in [0, 0.1) is 0 Å². The summed E-state index contributed by atoms with van der Waals surface area (Å²) < 4.78 is 10.1. The molecule has 2 aliphatic heterocycles. The van der Waals surface area contributed by atoms with Gasteiger partial charge >= 0.3 is 12.1 Å². The zero-order chi connectivity index (χ0) is 17.9. The van der Waals surface area contributed by atoms with E-state index in [2.05, 4.69) is 5.32 Å². The van der Waals surface area contributed by atoms with Crippen molar-refractivity contribution >= 4 is 29.7 Å². The monoisotopic (exact) mass is 358 g/mol. The third-order valence-corrected chi connectivity index (χ3v) is 5.33. The second-order valence-corrected chi connectivity index (χ2v) is 8.31. The number of esters is 1. The number of ether oxygens (including phenoxy) is 2. The molecule has 0 aromatic carbocycles. The van der Waals surface area contributed by atoms with Crippen LogP contribution in [0.2, 0.25) is 0 Å². The van der Waals surface area contributed by atoms with Crippen LogP contribution in [0.25, 0.3) is 0 Å². The van der Waals surface area contributed by atoms with Gasteiger partial charge in [-0.3, -0.25) is 4.79 Å². The third-order valence-electron chi connectivity index (χ3n) is 4.01. The first-order valence-corrected chi connectivity index (χ1v) is 9.29. The van der Waals surface area contributed by atoms with Crippen LogP contribution in [-0.2, 0) is 19.1 Å². The van der Waals surface area contributed by atoms with Gasteiger partial charge in [0.1, 0.15) is 17.7 Å². The fraction of sp³-hybridized carbons (Fsp3) is 0.812. The lowest BCUT2D eigenvalue weighted by atomic mass is 10.0. The molecule has 3 unspecified atom stereocenters. The molecule has 2 rings (SSSR count). The number of alkyl carbamates (subject to hydrolysis) is 1. The second-order valence-electron chi connectivity index (χ2n) is 7.03. The number of methoxy groups -OCH3 is 1. The van der Waals surface area contributed by atoms with Crippen LogP contribution in [0.15, 0.2) is 0 Å². The molecule has 0 aromatic rings. The Kier molecular flexibility index (Phi) is 6.01. The summed E-state index contributed by atoms with van der Waals surface area (Å²) in [7, 11) is 1.33. The molecular formula is C16H26N2O5S. The van der Waals surface area contributed by atoms with Crippen molar-refractivity contribution in [1.29, 1.82) is 0 Å². The Balaban J connectivity index is 2.13. The van der Waals surface area contributed by atoms with Crippen molar-refractivity contribution in [3.63, 3.8) is 0 Å². The topological polar surface area (TPSA) is 84.9 Å². The van der Waals surface area contributed by atoms with E-state index in [1.807, 2.05) is 0 Å². The summed E-state index contributed by atoms with van der Waals surface area (Å²) in [6, 6.07) is -1.25. The lowest BCUT2D eigenvalue weighted by molar-refractivity contribution is -0.156. The number of nitrogens with one attached hydrogen (secondary N) is 1. The standard InChI is InChI=1S/C16H26N2O5S/c1-16(2,3)23-15(21)17-10-8-9-24-12-7-5-6-11(14(20)22-4)18(12)13(10)19/h10-12H,5-9H2,1-4H3,(H,17,21). The quantitative estimate of drug-likeness (QED) is 0.759. The van der Waals surface area contributed by atoms with Crippen molar-refractivity contribution in [2.45, 2.75) is 69.5 Å². The van der Waals surface area contributed by atoms with Crippen LogP contribution < -0.4 is 5.32 Å². The first-order valence-electron chi connectivity index (χ1n) is 8.24. The molecule has 1 N–H and O–H groups in total. The van der Waals surface area contributed by atoms with Gasteiger partial charge in [-0.25, -0.2) is 9.59 Å². The number of rotatable bonds is 2. The van der Waals surface area contributed by atoms with Crippen molar-refractivity contribution in [2.75, 3.05) is 12.9 Å². The van der Waals surface area contributed by atoms with Gasteiger partial charge in [-0.2, -0.15) is 0 Å². The van der Waals surface area contributed by atoms with Gasteiger partial charge in [0.2, 0.25) is 5.91 Å². The fourth-order valence-corrected chi connectivity index (χ4v) is 4.39. The Labute approximate surface area is 146 Å². The number of thioether (sulfide) groups is 1. The summed E-state index contributed by atoms with van der Waals surface area (Å²) >= 11 is 1.65. The first kappa shape index (κ1) is 18.9. The van der Waals surface area contributed by atoms with E-state index >= 15 is 0 Å². The van der Waals surface area contributed by atoms with E-state index in [-0.39, 0.29) is 11.3 Å². The van der Waals surface area contributed by atoms with Crippen LogP contribution in [0.1, 0.15) is 46.5 Å². The highest BCUT2D eigenvalue weighted by Crippen LogP contribution is 2.34. The molecule has 0 spiro atoms. The van der Waals surface area contributed by atoms with Crippen molar-refractivity contribution < 1.29 is 23.9 Å². The SMILES string of the molecule is COC(=O)C1CCCC2SCCC(NC(=O)OC(C)(C)C)C(=O)N21. The summed E-state index contributed by atoms with van der Waals surface area (Å²) in [5, 5.41) is 2.62. The van der Waals surface area contributed by atoms with Crippen LogP contribution in [-0.4, -0.2) is 58.8 Å². The van der Waals surface area contributed by atoms with Gasteiger partial charge in [-0.1, -0.05) is 0 Å². The minimum absolute atomic E-state index is 0.0409.